The minimum atomic E-state index is -3.51. The second-order valence-electron chi connectivity index (χ2n) is 6.99. The molecule has 0 radical (unpaired) electrons. The summed E-state index contributed by atoms with van der Waals surface area (Å²) in [6, 6.07) is 12.5. The highest BCUT2D eigenvalue weighted by atomic mass is 35.5. The van der Waals surface area contributed by atoms with Crippen molar-refractivity contribution < 1.29 is 28.5 Å². The molecule has 0 saturated heterocycles. The monoisotopic (exact) mass is 440 g/mol. The smallest absolute Gasteiger partial charge is 0.335 e. The van der Waals surface area contributed by atoms with Gasteiger partial charge in [-0.1, -0.05) is 23.7 Å². The van der Waals surface area contributed by atoms with Gasteiger partial charge in [-0.05, 0) is 67.1 Å². The lowest BCUT2D eigenvalue weighted by molar-refractivity contribution is 0.0696. The maximum atomic E-state index is 12.6. The van der Waals surface area contributed by atoms with E-state index in [0.717, 1.165) is 5.56 Å². The number of carboxylic acid groups (broad SMARTS) is 1. The van der Waals surface area contributed by atoms with Gasteiger partial charge in [0.1, 0.15) is 0 Å². The highest BCUT2D eigenvalue weighted by Gasteiger charge is 2.24. The van der Waals surface area contributed by atoms with Crippen LogP contribution >= 0.6 is 11.6 Å². The second kappa shape index (κ2) is 10.7. The predicted octanol–water partition coefficient (Wildman–Crippen LogP) is 3.05. The Balaban J connectivity index is 2.05. The van der Waals surface area contributed by atoms with Gasteiger partial charge in [0.15, 0.2) is 9.84 Å². The average molecular weight is 441 g/mol. The molecule has 0 bridgehead atoms. The third-order valence-electron chi connectivity index (χ3n) is 5.07. The van der Waals surface area contributed by atoms with E-state index in [1.54, 1.807) is 12.1 Å². The number of carboxylic acids is 1. The molecule has 2 aromatic rings. The molecule has 158 valence electrons. The van der Waals surface area contributed by atoms with E-state index in [9.17, 15) is 23.4 Å². The Bertz CT molecular complexity index is 890. The van der Waals surface area contributed by atoms with Crippen molar-refractivity contribution >= 4 is 27.4 Å². The number of aliphatic hydroxyl groups is 2. The van der Waals surface area contributed by atoms with Crippen LogP contribution in [0.4, 0.5) is 0 Å². The maximum absolute atomic E-state index is 12.6. The highest BCUT2D eigenvalue weighted by molar-refractivity contribution is 7.91. The molecule has 0 heterocycles. The van der Waals surface area contributed by atoms with Crippen molar-refractivity contribution in [1.82, 2.24) is 0 Å². The molecule has 1 atom stereocenters. The number of hydrogen-bond acceptors (Lipinski definition) is 5. The summed E-state index contributed by atoms with van der Waals surface area (Å²) < 4.78 is 25.2. The largest absolute Gasteiger partial charge is 0.478 e. The summed E-state index contributed by atoms with van der Waals surface area (Å²) in [7, 11) is -3.51. The summed E-state index contributed by atoms with van der Waals surface area (Å²) in [6.07, 6.45) is 1.44. The molecule has 29 heavy (non-hydrogen) atoms. The van der Waals surface area contributed by atoms with Gasteiger partial charge < -0.3 is 15.3 Å². The summed E-state index contributed by atoms with van der Waals surface area (Å²) in [5.41, 5.74) is 1.11. The van der Waals surface area contributed by atoms with Gasteiger partial charge in [-0.3, -0.25) is 0 Å². The van der Waals surface area contributed by atoms with Crippen molar-refractivity contribution in [1.29, 1.82) is 0 Å². The van der Waals surface area contributed by atoms with Gasteiger partial charge in [-0.2, -0.15) is 0 Å². The Morgan fingerprint density at radius 3 is 2.00 bits per heavy atom. The average Bonchev–Trinajstić information content (AvgIpc) is 2.71. The second-order valence-corrected chi connectivity index (χ2v) is 9.53. The summed E-state index contributed by atoms with van der Waals surface area (Å²) in [5.74, 6) is -1.73. The zero-order valence-corrected chi connectivity index (χ0v) is 17.4. The zero-order valence-electron chi connectivity index (χ0n) is 15.9. The Kier molecular flexibility index (Phi) is 8.64. The summed E-state index contributed by atoms with van der Waals surface area (Å²) in [6.45, 7) is -0.472. The molecule has 3 N–H and O–H groups in total. The van der Waals surface area contributed by atoms with Gasteiger partial charge in [-0.15, -0.1) is 0 Å². The first-order chi connectivity index (χ1) is 13.8. The first kappa shape index (κ1) is 23.3. The lowest BCUT2D eigenvalue weighted by Crippen LogP contribution is -2.25. The number of sulfone groups is 1. The van der Waals surface area contributed by atoms with Gasteiger partial charge in [0, 0.05) is 24.2 Å². The Labute approximate surface area is 175 Å². The van der Waals surface area contributed by atoms with Gasteiger partial charge in [0.2, 0.25) is 0 Å². The van der Waals surface area contributed by atoms with E-state index in [2.05, 4.69) is 0 Å². The SMILES string of the molecule is O=C(O)c1ccc(CCC(CCS(=O)(=O)c2ccc(Cl)cc2)C(CO)CO)cc1. The van der Waals surface area contributed by atoms with E-state index in [0.29, 0.717) is 24.3 Å². The van der Waals surface area contributed by atoms with Crippen molar-refractivity contribution in [3.8, 4) is 0 Å². The zero-order chi connectivity index (χ0) is 21.4. The molecule has 1 unspecified atom stereocenters. The fourth-order valence-electron chi connectivity index (χ4n) is 3.20. The van der Waals surface area contributed by atoms with Crippen LogP contribution in [0.1, 0.15) is 28.8 Å². The molecule has 2 rings (SSSR count). The molecule has 0 fully saturated rings. The number of aryl methyl sites for hydroxylation is 1. The number of halogens is 1. The van der Waals surface area contributed by atoms with Crippen LogP contribution in [0, 0.1) is 11.8 Å². The molecule has 0 aliphatic carbocycles. The minimum Gasteiger partial charge on any atom is -0.478 e. The first-order valence-corrected chi connectivity index (χ1v) is 11.3. The molecule has 0 aliphatic rings. The number of rotatable bonds is 11. The van der Waals surface area contributed by atoms with Crippen molar-refractivity contribution in [2.45, 2.75) is 24.2 Å². The number of aliphatic hydroxyl groups excluding tert-OH is 2. The molecule has 2 aromatic carbocycles. The first-order valence-electron chi connectivity index (χ1n) is 9.29. The van der Waals surface area contributed by atoms with Crippen LogP contribution < -0.4 is 0 Å². The van der Waals surface area contributed by atoms with Crippen molar-refractivity contribution in [3.63, 3.8) is 0 Å². The van der Waals surface area contributed by atoms with Crippen LogP contribution in [0.15, 0.2) is 53.4 Å². The summed E-state index contributed by atoms with van der Waals surface area (Å²) >= 11 is 5.81. The number of hydrogen-bond donors (Lipinski definition) is 3. The van der Waals surface area contributed by atoms with Crippen LogP contribution in [0.25, 0.3) is 0 Å². The molecule has 0 saturated carbocycles. The van der Waals surface area contributed by atoms with Crippen LogP contribution in [0.3, 0.4) is 0 Å². The van der Waals surface area contributed by atoms with Crippen molar-refractivity contribution in [3.05, 3.63) is 64.7 Å². The van der Waals surface area contributed by atoms with Gasteiger partial charge in [0.05, 0.1) is 16.2 Å². The molecular formula is C21H25ClO6S. The molecule has 0 amide bonds. The number of aromatic carboxylic acids is 1. The number of benzene rings is 2. The Morgan fingerprint density at radius 2 is 1.48 bits per heavy atom. The van der Waals surface area contributed by atoms with Crippen molar-refractivity contribution in [2.24, 2.45) is 11.8 Å². The van der Waals surface area contributed by atoms with E-state index >= 15 is 0 Å². The summed E-state index contributed by atoms with van der Waals surface area (Å²) in [5, 5.41) is 28.6. The molecule has 8 heteroatoms. The van der Waals surface area contributed by atoms with E-state index in [1.165, 1.54) is 36.4 Å². The van der Waals surface area contributed by atoms with E-state index in [4.69, 9.17) is 16.7 Å². The molecule has 6 nitrogen and oxygen atoms in total. The van der Waals surface area contributed by atoms with Crippen molar-refractivity contribution in [2.75, 3.05) is 19.0 Å². The van der Waals surface area contributed by atoms with E-state index in [-0.39, 0.29) is 35.3 Å². The van der Waals surface area contributed by atoms with Crippen LogP contribution in [-0.4, -0.2) is 48.7 Å². The predicted molar refractivity (Wildman–Crippen MR) is 111 cm³/mol. The quantitative estimate of drug-likeness (QED) is 0.495. The lowest BCUT2D eigenvalue weighted by atomic mass is 9.86. The maximum Gasteiger partial charge on any atom is 0.335 e. The fraction of sp³-hybridized carbons (Fsp3) is 0.381. The van der Waals surface area contributed by atoms with Gasteiger partial charge >= 0.3 is 5.97 Å². The fourth-order valence-corrected chi connectivity index (χ4v) is 4.73. The third kappa shape index (κ3) is 6.82. The number of carbonyl (C=O) groups is 1. The highest BCUT2D eigenvalue weighted by Crippen LogP contribution is 2.25. The topological polar surface area (TPSA) is 112 Å². The van der Waals surface area contributed by atoms with E-state index in [1.807, 2.05) is 0 Å². The molecule has 0 spiro atoms. The van der Waals surface area contributed by atoms with Gasteiger partial charge in [-0.25, -0.2) is 13.2 Å². The molecule has 0 aromatic heterocycles. The standard InChI is InChI=1S/C21H25ClO6S/c22-19-7-9-20(10-8-19)29(27,28)12-11-16(18(13-23)14-24)4-1-15-2-5-17(6-3-15)21(25)26/h2-3,5-10,16,18,23-24H,1,4,11-14H2,(H,25,26). The van der Waals surface area contributed by atoms with Gasteiger partial charge in [0.25, 0.3) is 0 Å². The third-order valence-corrected chi connectivity index (χ3v) is 7.09. The molecular weight excluding hydrogens is 416 g/mol. The molecule has 0 aliphatic heterocycles. The van der Waals surface area contributed by atoms with Crippen LogP contribution in [-0.2, 0) is 16.3 Å². The normalized spacial score (nSPS) is 12.8. The lowest BCUT2D eigenvalue weighted by Gasteiger charge is -2.24. The Morgan fingerprint density at radius 1 is 0.897 bits per heavy atom. The van der Waals surface area contributed by atoms with Crippen LogP contribution in [0.5, 0.6) is 0 Å². The Hall–Kier alpha value is -1.93. The van der Waals surface area contributed by atoms with E-state index < -0.39 is 21.7 Å². The van der Waals surface area contributed by atoms with Crippen LogP contribution in [0.2, 0.25) is 5.02 Å². The summed E-state index contributed by atoms with van der Waals surface area (Å²) in [4.78, 5) is 11.1. The minimum absolute atomic E-state index is 0.103.